The summed E-state index contributed by atoms with van der Waals surface area (Å²) < 4.78 is 25.6. The molecule has 7 nitrogen and oxygen atoms in total. The molecule has 0 saturated carbocycles. The van der Waals surface area contributed by atoms with E-state index in [0.717, 1.165) is 0 Å². The van der Waals surface area contributed by atoms with E-state index in [9.17, 15) is 13.2 Å². The Bertz CT molecular complexity index is 935. The molecule has 0 spiro atoms. The largest absolute Gasteiger partial charge is 0.358 e. The molecule has 0 radical (unpaired) electrons. The van der Waals surface area contributed by atoms with Crippen LogP contribution in [0.25, 0.3) is 0 Å². The average molecular weight is 415 g/mol. The maximum Gasteiger partial charge on any atom is 0.249 e. The number of amides is 1. The van der Waals surface area contributed by atoms with E-state index in [-0.39, 0.29) is 10.8 Å². The Kier molecular flexibility index (Phi) is 5.38. The van der Waals surface area contributed by atoms with Gasteiger partial charge < -0.3 is 10.2 Å². The Morgan fingerprint density at radius 3 is 2.58 bits per heavy atom. The number of nitrogens with one attached hydrogen (secondary N) is 2. The summed E-state index contributed by atoms with van der Waals surface area (Å²) in [6.45, 7) is 0.528. The monoisotopic (exact) mass is 414 g/mol. The molecule has 3 rings (SSSR count). The van der Waals surface area contributed by atoms with Crippen molar-refractivity contribution in [2.45, 2.75) is 17.4 Å². The van der Waals surface area contributed by atoms with Crippen molar-refractivity contribution in [2.24, 2.45) is 0 Å². The highest BCUT2D eigenvalue weighted by atomic mass is 35.5. The van der Waals surface area contributed by atoms with Crippen LogP contribution in [0.4, 0.5) is 11.5 Å². The highest BCUT2D eigenvalue weighted by molar-refractivity contribution is 7.89. The molecule has 10 heteroatoms. The summed E-state index contributed by atoms with van der Waals surface area (Å²) in [7, 11) is -2.21. The van der Waals surface area contributed by atoms with Gasteiger partial charge in [-0.05, 0) is 43.8 Å². The maximum absolute atomic E-state index is 12.6. The lowest BCUT2D eigenvalue weighted by molar-refractivity contribution is -0.117. The molecule has 1 unspecified atom stereocenters. The maximum atomic E-state index is 12.6. The van der Waals surface area contributed by atoms with Gasteiger partial charge >= 0.3 is 0 Å². The molecule has 1 aliphatic rings. The number of halogens is 2. The van der Waals surface area contributed by atoms with E-state index in [1.807, 2.05) is 0 Å². The zero-order valence-corrected chi connectivity index (χ0v) is 16.1. The van der Waals surface area contributed by atoms with Gasteiger partial charge in [0, 0.05) is 18.4 Å². The minimum absolute atomic E-state index is 0.0562. The molecular formula is C16H16Cl2N4O3S. The molecule has 2 aromatic rings. The number of rotatable bonds is 5. The molecule has 2 N–H and O–H groups in total. The Hall–Kier alpha value is -1.87. The molecule has 1 amide bonds. The van der Waals surface area contributed by atoms with E-state index in [1.165, 1.54) is 25.4 Å². The summed E-state index contributed by atoms with van der Waals surface area (Å²) in [4.78, 5) is 18.4. The first-order valence-corrected chi connectivity index (χ1v) is 9.98. The third-order valence-electron chi connectivity index (χ3n) is 4.06. The van der Waals surface area contributed by atoms with Crippen molar-refractivity contribution in [3.8, 4) is 0 Å². The molecular weight excluding hydrogens is 399 g/mol. The molecule has 1 aromatic heterocycles. The van der Waals surface area contributed by atoms with Gasteiger partial charge in [-0.3, -0.25) is 4.79 Å². The smallest absolute Gasteiger partial charge is 0.249 e. The number of aromatic nitrogens is 1. The summed E-state index contributed by atoms with van der Waals surface area (Å²) in [5, 5.41) is 3.85. The standard InChI is InChI=1S/C16H16Cl2N4O3S/c1-19-26(24,25)11-3-5-15(20-9-11)21-14-6-7-22(16(14)23)10-2-4-12(17)13(18)8-10/h2-5,8-9,14,19H,6-7H2,1H3,(H,20,21). The molecule has 138 valence electrons. The number of benzene rings is 1. The number of sulfonamides is 1. The number of pyridine rings is 1. The Balaban J connectivity index is 1.72. The number of hydrogen-bond acceptors (Lipinski definition) is 5. The lowest BCUT2D eigenvalue weighted by Gasteiger charge is -2.18. The highest BCUT2D eigenvalue weighted by Crippen LogP contribution is 2.30. The molecule has 1 aromatic carbocycles. The van der Waals surface area contributed by atoms with Crippen molar-refractivity contribution in [3.63, 3.8) is 0 Å². The van der Waals surface area contributed by atoms with Crippen LogP contribution in [0.2, 0.25) is 10.0 Å². The normalized spacial score (nSPS) is 17.6. The Morgan fingerprint density at radius 2 is 1.96 bits per heavy atom. The van der Waals surface area contributed by atoms with Crippen molar-refractivity contribution in [3.05, 3.63) is 46.6 Å². The second kappa shape index (κ2) is 7.40. The zero-order chi connectivity index (χ0) is 18.9. The number of nitrogens with zero attached hydrogens (tertiary/aromatic N) is 2. The highest BCUT2D eigenvalue weighted by Gasteiger charge is 2.33. The number of carbonyl (C=O) groups excluding carboxylic acids is 1. The number of carbonyl (C=O) groups is 1. The van der Waals surface area contributed by atoms with Crippen molar-refractivity contribution < 1.29 is 13.2 Å². The van der Waals surface area contributed by atoms with Crippen molar-refractivity contribution >= 4 is 50.6 Å². The van der Waals surface area contributed by atoms with Gasteiger partial charge in [-0.15, -0.1) is 0 Å². The van der Waals surface area contributed by atoms with Gasteiger partial charge in [-0.2, -0.15) is 0 Å². The fourth-order valence-electron chi connectivity index (χ4n) is 2.64. The van der Waals surface area contributed by atoms with Gasteiger partial charge in [-0.1, -0.05) is 23.2 Å². The van der Waals surface area contributed by atoms with Gasteiger partial charge in [0.1, 0.15) is 16.8 Å². The van der Waals surface area contributed by atoms with Crippen LogP contribution in [-0.2, 0) is 14.8 Å². The summed E-state index contributed by atoms with van der Waals surface area (Å²) in [6.07, 6.45) is 1.82. The Morgan fingerprint density at radius 1 is 1.19 bits per heavy atom. The Labute approximate surface area is 161 Å². The predicted octanol–water partition coefficient (Wildman–Crippen LogP) is 2.51. The van der Waals surface area contributed by atoms with Gasteiger partial charge in [-0.25, -0.2) is 18.1 Å². The topological polar surface area (TPSA) is 91.4 Å². The van der Waals surface area contributed by atoms with Gasteiger partial charge in [0.2, 0.25) is 15.9 Å². The van der Waals surface area contributed by atoms with Crippen LogP contribution < -0.4 is 14.9 Å². The summed E-state index contributed by atoms with van der Waals surface area (Å²) in [5.74, 6) is 0.312. The number of hydrogen-bond donors (Lipinski definition) is 2. The summed E-state index contributed by atoms with van der Waals surface area (Å²) in [6, 6.07) is 7.54. The minimum atomic E-state index is -3.54. The summed E-state index contributed by atoms with van der Waals surface area (Å²) in [5.41, 5.74) is 0.678. The first kappa shape index (κ1) is 18.9. The zero-order valence-electron chi connectivity index (χ0n) is 13.7. The van der Waals surface area contributed by atoms with Gasteiger partial charge in [0.25, 0.3) is 0 Å². The first-order valence-electron chi connectivity index (χ1n) is 7.74. The predicted molar refractivity (Wildman–Crippen MR) is 101 cm³/mol. The first-order chi connectivity index (χ1) is 12.3. The quantitative estimate of drug-likeness (QED) is 0.783. The van der Waals surface area contributed by atoms with Crippen LogP contribution in [0.15, 0.2) is 41.4 Å². The molecule has 1 atom stereocenters. The van der Waals surface area contributed by atoms with E-state index in [4.69, 9.17) is 23.2 Å². The molecule has 1 fully saturated rings. The van der Waals surface area contributed by atoms with E-state index < -0.39 is 16.1 Å². The lowest BCUT2D eigenvalue weighted by atomic mass is 10.2. The van der Waals surface area contributed by atoms with Crippen LogP contribution in [0.3, 0.4) is 0 Å². The second-order valence-electron chi connectivity index (χ2n) is 5.66. The molecule has 0 aliphatic carbocycles. The van der Waals surface area contributed by atoms with E-state index in [0.29, 0.717) is 34.5 Å². The minimum Gasteiger partial charge on any atom is -0.358 e. The van der Waals surface area contributed by atoms with Crippen LogP contribution in [0.1, 0.15) is 6.42 Å². The van der Waals surface area contributed by atoms with Gasteiger partial charge in [0.05, 0.1) is 10.0 Å². The van der Waals surface area contributed by atoms with Crippen LogP contribution >= 0.6 is 23.2 Å². The van der Waals surface area contributed by atoms with Crippen molar-refractivity contribution in [2.75, 3.05) is 23.8 Å². The third-order valence-corrected chi connectivity index (χ3v) is 6.20. The van der Waals surface area contributed by atoms with Crippen LogP contribution in [0, 0.1) is 0 Å². The molecule has 1 aliphatic heterocycles. The average Bonchev–Trinajstić information content (AvgIpc) is 2.98. The molecule has 1 saturated heterocycles. The van der Waals surface area contributed by atoms with E-state index in [1.54, 1.807) is 23.1 Å². The molecule has 26 heavy (non-hydrogen) atoms. The SMILES string of the molecule is CNS(=O)(=O)c1ccc(NC2CCN(c3ccc(Cl)c(Cl)c3)C2=O)nc1. The van der Waals surface area contributed by atoms with E-state index in [2.05, 4.69) is 15.0 Å². The van der Waals surface area contributed by atoms with Crippen LogP contribution in [0.5, 0.6) is 0 Å². The van der Waals surface area contributed by atoms with E-state index >= 15 is 0 Å². The van der Waals surface area contributed by atoms with Crippen molar-refractivity contribution in [1.82, 2.24) is 9.71 Å². The van der Waals surface area contributed by atoms with Crippen molar-refractivity contribution in [1.29, 1.82) is 0 Å². The van der Waals surface area contributed by atoms with Gasteiger partial charge in [0.15, 0.2) is 0 Å². The third kappa shape index (κ3) is 3.78. The summed E-state index contributed by atoms with van der Waals surface area (Å²) >= 11 is 11.9. The second-order valence-corrected chi connectivity index (χ2v) is 8.36. The molecule has 0 bridgehead atoms. The van der Waals surface area contributed by atoms with Crippen LogP contribution in [-0.4, -0.2) is 38.9 Å². The number of anilines is 2. The fraction of sp³-hybridized carbons (Fsp3) is 0.250. The fourth-order valence-corrected chi connectivity index (χ4v) is 3.61. The lowest BCUT2D eigenvalue weighted by Crippen LogP contribution is -2.33. The molecule has 2 heterocycles.